The maximum absolute atomic E-state index is 13.4. The first-order valence-electron chi connectivity index (χ1n) is 9.35. The highest BCUT2D eigenvalue weighted by molar-refractivity contribution is 7.07. The molecule has 3 heterocycles. The molecule has 6 nitrogen and oxygen atoms in total. The molecule has 3 aromatic rings. The topological polar surface area (TPSA) is 69.9 Å². The van der Waals surface area contributed by atoms with E-state index in [1.165, 1.54) is 30.6 Å². The molecule has 8 heteroatoms. The highest BCUT2D eigenvalue weighted by Crippen LogP contribution is 2.47. The minimum atomic E-state index is -1.20. The molecule has 0 saturated carbocycles. The molecule has 0 fully saturated rings. The summed E-state index contributed by atoms with van der Waals surface area (Å²) in [5.41, 5.74) is -0.0326. The number of esters is 1. The van der Waals surface area contributed by atoms with Crippen molar-refractivity contribution in [3.8, 4) is 5.75 Å². The Bertz CT molecular complexity index is 1340. The molecule has 2 aromatic carbocycles. The number of hydrogen-bond donors (Lipinski definition) is 0. The summed E-state index contributed by atoms with van der Waals surface area (Å²) < 4.78 is 26.4. The number of fused-ring (bicyclic) bond motifs is 6. The first-order chi connectivity index (χ1) is 14.4. The van der Waals surface area contributed by atoms with Crippen molar-refractivity contribution in [2.75, 3.05) is 7.11 Å². The molecule has 1 aromatic heterocycles. The minimum Gasteiger partial charge on any atom is -0.469 e. The van der Waals surface area contributed by atoms with Gasteiger partial charge < -0.3 is 9.47 Å². The highest BCUT2D eigenvalue weighted by Gasteiger charge is 2.55. The lowest BCUT2D eigenvalue weighted by Crippen LogP contribution is -2.58. The number of para-hydroxylation sites is 1. The lowest BCUT2D eigenvalue weighted by Gasteiger charge is -2.44. The molecule has 3 atom stereocenters. The standard InChI is InChI=1S/C22H17FN2O4S/c1-22-17(20(27)28-2)18(14-5-3-4-6-15(14)29-22)25-19(26)16(30-21(25)24-22)11-12-7-9-13(23)10-8-12/h3-11,17-18H,1-2H3/b16-11-. The molecule has 0 saturated heterocycles. The molecule has 3 unspecified atom stereocenters. The Kier molecular flexibility index (Phi) is 4.14. The first kappa shape index (κ1) is 18.7. The van der Waals surface area contributed by atoms with Gasteiger partial charge in [0.05, 0.1) is 17.7 Å². The molecule has 2 bridgehead atoms. The Balaban J connectivity index is 1.79. The summed E-state index contributed by atoms with van der Waals surface area (Å²) in [6.07, 6.45) is 1.69. The van der Waals surface area contributed by atoms with Crippen LogP contribution in [0.2, 0.25) is 0 Å². The van der Waals surface area contributed by atoms with Crippen molar-refractivity contribution < 1.29 is 18.7 Å². The van der Waals surface area contributed by atoms with Crippen LogP contribution in [0.4, 0.5) is 4.39 Å². The van der Waals surface area contributed by atoms with E-state index < -0.39 is 23.7 Å². The van der Waals surface area contributed by atoms with Crippen molar-refractivity contribution in [2.24, 2.45) is 10.9 Å². The molecule has 0 radical (unpaired) electrons. The van der Waals surface area contributed by atoms with Gasteiger partial charge in [-0.05, 0) is 36.8 Å². The first-order valence-corrected chi connectivity index (χ1v) is 10.2. The second-order valence-electron chi connectivity index (χ2n) is 7.37. The molecule has 0 spiro atoms. The molecule has 0 amide bonds. The van der Waals surface area contributed by atoms with Crippen LogP contribution in [0.15, 0.2) is 58.3 Å². The average molecular weight is 424 g/mol. The summed E-state index contributed by atoms with van der Waals surface area (Å²) in [5, 5.41) is 0. The lowest BCUT2D eigenvalue weighted by molar-refractivity contribution is -0.158. The van der Waals surface area contributed by atoms with Gasteiger partial charge in [0.25, 0.3) is 5.56 Å². The number of rotatable bonds is 2. The van der Waals surface area contributed by atoms with Crippen molar-refractivity contribution in [2.45, 2.75) is 18.7 Å². The predicted molar refractivity (Wildman–Crippen MR) is 108 cm³/mol. The van der Waals surface area contributed by atoms with Gasteiger partial charge in [0, 0.05) is 5.56 Å². The van der Waals surface area contributed by atoms with E-state index in [1.54, 1.807) is 35.8 Å². The normalized spacial score (nSPS) is 24.3. The summed E-state index contributed by atoms with van der Waals surface area (Å²) in [7, 11) is 1.31. The third-order valence-corrected chi connectivity index (χ3v) is 6.49. The SMILES string of the molecule is COC(=O)C1C2c3ccccc3OC1(C)N=c1s/c(=C\c3ccc(F)cc3)c(=O)n12. The van der Waals surface area contributed by atoms with Crippen LogP contribution in [0.5, 0.6) is 5.75 Å². The fourth-order valence-corrected chi connectivity index (χ4v) is 5.24. The Morgan fingerprint density at radius 2 is 2.00 bits per heavy atom. The zero-order valence-electron chi connectivity index (χ0n) is 16.2. The van der Waals surface area contributed by atoms with Crippen molar-refractivity contribution in [1.29, 1.82) is 0 Å². The van der Waals surface area contributed by atoms with E-state index >= 15 is 0 Å². The van der Waals surface area contributed by atoms with Gasteiger partial charge in [-0.2, -0.15) is 0 Å². The maximum Gasteiger partial charge on any atom is 0.317 e. The number of halogens is 1. The molecule has 2 aliphatic heterocycles. The van der Waals surface area contributed by atoms with Crippen molar-refractivity contribution in [3.05, 3.63) is 85.2 Å². The van der Waals surface area contributed by atoms with E-state index in [9.17, 15) is 14.0 Å². The summed E-state index contributed by atoms with van der Waals surface area (Å²) >= 11 is 1.21. The molecule has 152 valence electrons. The average Bonchev–Trinajstić information content (AvgIpc) is 3.02. The monoisotopic (exact) mass is 424 g/mol. The summed E-state index contributed by atoms with van der Waals surface area (Å²) in [4.78, 5) is 31.2. The second kappa shape index (κ2) is 6.63. The van der Waals surface area contributed by atoms with Crippen molar-refractivity contribution in [3.63, 3.8) is 0 Å². The largest absolute Gasteiger partial charge is 0.469 e. The van der Waals surface area contributed by atoms with Gasteiger partial charge >= 0.3 is 5.97 Å². The van der Waals surface area contributed by atoms with Crippen LogP contribution in [0.1, 0.15) is 24.1 Å². The number of ether oxygens (including phenoxy) is 2. The Labute approximate surface area is 174 Å². The summed E-state index contributed by atoms with van der Waals surface area (Å²) in [6.45, 7) is 1.73. The highest BCUT2D eigenvalue weighted by atomic mass is 32.1. The van der Waals surface area contributed by atoms with Gasteiger partial charge in [-0.1, -0.05) is 41.7 Å². The molecule has 0 aliphatic carbocycles. The number of nitrogens with zero attached hydrogens (tertiary/aromatic N) is 2. The molecule has 2 aliphatic rings. The Hall–Kier alpha value is -3.26. The number of hydrogen-bond acceptors (Lipinski definition) is 6. The summed E-state index contributed by atoms with van der Waals surface area (Å²) in [5.74, 6) is -1.06. The predicted octanol–water partition coefficient (Wildman–Crippen LogP) is 2.00. The Morgan fingerprint density at radius 1 is 1.27 bits per heavy atom. The third kappa shape index (κ3) is 2.71. The zero-order chi connectivity index (χ0) is 21.0. The number of aromatic nitrogens is 1. The van der Waals surface area contributed by atoms with Gasteiger partial charge in [-0.15, -0.1) is 0 Å². The van der Waals surface area contributed by atoms with Crippen LogP contribution in [-0.2, 0) is 9.53 Å². The van der Waals surface area contributed by atoms with Crippen molar-refractivity contribution in [1.82, 2.24) is 4.57 Å². The minimum absolute atomic E-state index is 0.263. The van der Waals surface area contributed by atoms with Crippen LogP contribution in [0.25, 0.3) is 6.08 Å². The van der Waals surface area contributed by atoms with E-state index in [-0.39, 0.29) is 11.4 Å². The van der Waals surface area contributed by atoms with E-state index in [4.69, 9.17) is 9.47 Å². The maximum atomic E-state index is 13.4. The van der Waals surface area contributed by atoms with Crippen LogP contribution in [0, 0.1) is 11.7 Å². The van der Waals surface area contributed by atoms with Gasteiger partial charge in [0.15, 0.2) is 4.80 Å². The van der Waals surface area contributed by atoms with Gasteiger partial charge in [0.1, 0.15) is 17.5 Å². The fourth-order valence-electron chi connectivity index (χ4n) is 4.14. The molecule has 0 N–H and O–H groups in total. The molecular formula is C22H17FN2O4S. The third-order valence-electron chi connectivity index (χ3n) is 5.50. The van der Waals surface area contributed by atoms with E-state index in [0.717, 1.165) is 5.56 Å². The number of thiazole rings is 1. The number of carbonyl (C=O) groups excluding carboxylic acids is 1. The fraction of sp³-hybridized carbons (Fsp3) is 0.227. The van der Waals surface area contributed by atoms with Gasteiger partial charge in [-0.25, -0.2) is 9.38 Å². The van der Waals surface area contributed by atoms with Crippen LogP contribution in [0.3, 0.4) is 0 Å². The second-order valence-corrected chi connectivity index (χ2v) is 8.38. The smallest absolute Gasteiger partial charge is 0.317 e. The molecule has 5 rings (SSSR count). The van der Waals surface area contributed by atoms with Crippen LogP contribution >= 0.6 is 11.3 Å². The van der Waals surface area contributed by atoms with E-state index in [0.29, 0.717) is 20.6 Å². The Morgan fingerprint density at radius 3 is 2.73 bits per heavy atom. The number of benzene rings is 2. The van der Waals surface area contributed by atoms with Crippen LogP contribution < -0.4 is 19.6 Å². The van der Waals surface area contributed by atoms with E-state index in [2.05, 4.69) is 4.99 Å². The lowest BCUT2D eigenvalue weighted by atomic mass is 9.81. The number of methoxy groups -OCH3 is 1. The van der Waals surface area contributed by atoms with E-state index in [1.807, 2.05) is 18.2 Å². The summed E-state index contributed by atoms with van der Waals surface area (Å²) in [6, 6.07) is 12.6. The molecular weight excluding hydrogens is 407 g/mol. The number of carbonyl (C=O) groups is 1. The van der Waals surface area contributed by atoms with Gasteiger partial charge in [-0.3, -0.25) is 14.2 Å². The van der Waals surface area contributed by atoms with Crippen molar-refractivity contribution >= 4 is 23.4 Å². The zero-order valence-corrected chi connectivity index (χ0v) is 17.0. The quantitative estimate of drug-likeness (QED) is 0.590. The van der Waals surface area contributed by atoms with Crippen LogP contribution in [-0.4, -0.2) is 23.4 Å². The molecule has 30 heavy (non-hydrogen) atoms. The van der Waals surface area contributed by atoms with Gasteiger partial charge in [0.2, 0.25) is 5.72 Å².